The predicted molar refractivity (Wildman–Crippen MR) is 83.3 cm³/mol. The smallest absolute Gasteiger partial charge is 0.221 e. The molecular weight excluding hydrogens is 248 g/mol. The Morgan fingerprint density at radius 1 is 1.40 bits per heavy atom. The molecule has 1 heterocycles. The quantitative estimate of drug-likeness (QED) is 0.803. The highest BCUT2D eigenvalue weighted by molar-refractivity contribution is 5.76. The fraction of sp³-hybridized carbons (Fsp3) is 0.824. The Hall–Kier alpha value is -0.830. The van der Waals surface area contributed by atoms with E-state index in [9.17, 15) is 4.79 Å². The first-order chi connectivity index (χ1) is 9.40. The van der Waals surface area contributed by atoms with Crippen molar-refractivity contribution in [3.63, 3.8) is 0 Å². The number of nitrogens with zero attached hydrogens (tertiary/aromatic N) is 1. The molecule has 0 bridgehead atoms. The summed E-state index contributed by atoms with van der Waals surface area (Å²) < 4.78 is 0. The zero-order chi connectivity index (χ0) is 14.8. The average molecular weight is 278 g/mol. The van der Waals surface area contributed by atoms with E-state index in [1.54, 1.807) is 11.1 Å². The maximum absolute atomic E-state index is 11.3. The van der Waals surface area contributed by atoms with Gasteiger partial charge in [0.2, 0.25) is 5.91 Å². The second kappa shape index (κ2) is 6.30. The molecule has 2 rings (SSSR count). The first kappa shape index (κ1) is 15.6. The SMILES string of the molecule is CC1=C(CCN2CCC[C@H](C(N)=O)C2)C(C)(C)CCC1. The van der Waals surface area contributed by atoms with Crippen LogP contribution >= 0.6 is 0 Å². The zero-order valence-corrected chi connectivity index (χ0v) is 13.4. The van der Waals surface area contributed by atoms with E-state index >= 15 is 0 Å². The van der Waals surface area contributed by atoms with Gasteiger partial charge in [-0.15, -0.1) is 0 Å². The van der Waals surface area contributed by atoms with E-state index in [2.05, 4.69) is 25.7 Å². The van der Waals surface area contributed by atoms with Crippen LogP contribution in [-0.4, -0.2) is 30.4 Å². The lowest BCUT2D eigenvalue weighted by Gasteiger charge is -2.37. The number of primary amides is 1. The van der Waals surface area contributed by atoms with Crippen LogP contribution in [-0.2, 0) is 4.79 Å². The minimum atomic E-state index is -0.122. The molecule has 114 valence electrons. The summed E-state index contributed by atoms with van der Waals surface area (Å²) in [6, 6.07) is 0. The second-order valence-electron chi connectivity index (χ2n) is 7.29. The minimum absolute atomic E-state index is 0.0678. The monoisotopic (exact) mass is 278 g/mol. The average Bonchev–Trinajstić information content (AvgIpc) is 2.37. The van der Waals surface area contributed by atoms with Gasteiger partial charge >= 0.3 is 0 Å². The number of allylic oxidation sites excluding steroid dienone is 1. The van der Waals surface area contributed by atoms with Gasteiger partial charge in [0, 0.05) is 13.1 Å². The molecule has 1 saturated heterocycles. The lowest BCUT2D eigenvalue weighted by Crippen LogP contribution is -2.41. The number of piperidine rings is 1. The Balaban J connectivity index is 1.93. The maximum atomic E-state index is 11.3. The molecule has 2 aliphatic rings. The highest BCUT2D eigenvalue weighted by atomic mass is 16.1. The number of rotatable bonds is 4. The number of likely N-dealkylation sites (tertiary alicyclic amines) is 1. The van der Waals surface area contributed by atoms with Crippen molar-refractivity contribution in [2.45, 2.75) is 59.3 Å². The van der Waals surface area contributed by atoms with Gasteiger partial charge in [-0.2, -0.15) is 0 Å². The summed E-state index contributed by atoms with van der Waals surface area (Å²) in [4.78, 5) is 13.8. The topological polar surface area (TPSA) is 46.3 Å². The molecule has 1 amide bonds. The largest absolute Gasteiger partial charge is 0.369 e. The van der Waals surface area contributed by atoms with Crippen molar-refractivity contribution in [1.29, 1.82) is 0 Å². The van der Waals surface area contributed by atoms with E-state index in [4.69, 9.17) is 5.73 Å². The summed E-state index contributed by atoms with van der Waals surface area (Å²) in [6.07, 6.45) is 7.14. The molecule has 0 aromatic rings. The maximum Gasteiger partial charge on any atom is 0.221 e. The van der Waals surface area contributed by atoms with Gasteiger partial charge in [0.25, 0.3) is 0 Å². The van der Waals surface area contributed by atoms with Gasteiger partial charge < -0.3 is 10.6 Å². The Kier molecular flexibility index (Phi) is 4.90. The van der Waals surface area contributed by atoms with Crippen molar-refractivity contribution in [2.75, 3.05) is 19.6 Å². The molecule has 0 saturated carbocycles. The Labute approximate surface area is 123 Å². The van der Waals surface area contributed by atoms with Crippen molar-refractivity contribution < 1.29 is 4.79 Å². The number of hydrogen-bond acceptors (Lipinski definition) is 2. The number of hydrogen-bond donors (Lipinski definition) is 1. The summed E-state index contributed by atoms with van der Waals surface area (Å²) in [5.41, 5.74) is 9.08. The molecule has 3 nitrogen and oxygen atoms in total. The molecule has 20 heavy (non-hydrogen) atoms. The number of amides is 1. The second-order valence-corrected chi connectivity index (χ2v) is 7.29. The zero-order valence-electron chi connectivity index (χ0n) is 13.4. The van der Waals surface area contributed by atoms with Gasteiger partial charge in [0.15, 0.2) is 0 Å². The third kappa shape index (κ3) is 3.63. The summed E-state index contributed by atoms with van der Waals surface area (Å²) in [5, 5.41) is 0. The lowest BCUT2D eigenvalue weighted by molar-refractivity contribution is -0.123. The molecule has 1 aliphatic carbocycles. The van der Waals surface area contributed by atoms with Crippen LogP contribution in [0, 0.1) is 11.3 Å². The van der Waals surface area contributed by atoms with Gasteiger partial charge in [0.1, 0.15) is 0 Å². The van der Waals surface area contributed by atoms with Gasteiger partial charge in [0.05, 0.1) is 5.92 Å². The van der Waals surface area contributed by atoms with Crippen LogP contribution in [0.4, 0.5) is 0 Å². The molecule has 3 heteroatoms. The molecule has 0 radical (unpaired) electrons. The predicted octanol–water partition coefficient (Wildman–Crippen LogP) is 3.10. The molecule has 0 spiro atoms. The van der Waals surface area contributed by atoms with Crippen LogP contribution in [0.2, 0.25) is 0 Å². The van der Waals surface area contributed by atoms with E-state index in [1.807, 2.05) is 0 Å². The van der Waals surface area contributed by atoms with Gasteiger partial charge in [-0.25, -0.2) is 0 Å². The van der Waals surface area contributed by atoms with Crippen molar-refractivity contribution in [2.24, 2.45) is 17.1 Å². The van der Waals surface area contributed by atoms with Crippen LogP contribution in [0.1, 0.15) is 59.3 Å². The van der Waals surface area contributed by atoms with Crippen molar-refractivity contribution >= 4 is 5.91 Å². The first-order valence-electron chi connectivity index (χ1n) is 8.11. The van der Waals surface area contributed by atoms with E-state index in [0.717, 1.165) is 38.9 Å². The van der Waals surface area contributed by atoms with Gasteiger partial charge in [-0.1, -0.05) is 25.0 Å². The van der Waals surface area contributed by atoms with Crippen LogP contribution in [0.15, 0.2) is 11.1 Å². The fourth-order valence-corrected chi connectivity index (χ4v) is 3.99. The normalized spacial score (nSPS) is 27.6. The Morgan fingerprint density at radius 3 is 2.80 bits per heavy atom. The third-order valence-electron chi connectivity index (χ3n) is 5.27. The highest BCUT2D eigenvalue weighted by Gasteiger charge is 2.29. The minimum Gasteiger partial charge on any atom is -0.369 e. The van der Waals surface area contributed by atoms with E-state index < -0.39 is 0 Å². The highest BCUT2D eigenvalue weighted by Crippen LogP contribution is 2.41. The molecule has 0 unspecified atom stereocenters. The van der Waals surface area contributed by atoms with Crippen molar-refractivity contribution in [1.82, 2.24) is 4.90 Å². The van der Waals surface area contributed by atoms with Crippen LogP contribution in [0.25, 0.3) is 0 Å². The summed E-state index contributed by atoms with van der Waals surface area (Å²) in [5.74, 6) is -0.0544. The van der Waals surface area contributed by atoms with Crippen LogP contribution in [0.5, 0.6) is 0 Å². The Bertz CT molecular complexity index is 398. The van der Waals surface area contributed by atoms with E-state index in [-0.39, 0.29) is 11.8 Å². The molecule has 2 N–H and O–H groups in total. The van der Waals surface area contributed by atoms with Crippen molar-refractivity contribution in [3.8, 4) is 0 Å². The molecule has 1 atom stereocenters. The van der Waals surface area contributed by atoms with Crippen LogP contribution < -0.4 is 5.73 Å². The third-order valence-corrected chi connectivity index (χ3v) is 5.27. The molecule has 0 aromatic carbocycles. The van der Waals surface area contributed by atoms with Crippen LogP contribution in [0.3, 0.4) is 0 Å². The molecule has 0 aromatic heterocycles. The summed E-state index contributed by atoms with van der Waals surface area (Å²) >= 11 is 0. The summed E-state index contributed by atoms with van der Waals surface area (Å²) in [6.45, 7) is 10.1. The molecule has 1 fully saturated rings. The van der Waals surface area contributed by atoms with Gasteiger partial charge in [-0.3, -0.25) is 4.79 Å². The van der Waals surface area contributed by atoms with E-state index in [0.29, 0.717) is 5.41 Å². The standard InChI is InChI=1S/C17H30N2O/c1-13-6-4-9-17(2,3)15(13)8-11-19-10-5-7-14(12-19)16(18)20/h14H,4-12H2,1-3H3,(H2,18,20)/t14-/m0/s1. The number of carbonyl (C=O) groups is 1. The lowest BCUT2D eigenvalue weighted by atomic mass is 9.71. The van der Waals surface area contributed by atoms with Crippen molar-refractivity contribution in [3.05, 3.63) is 11.1 Å². The summed E-state index contributed by atoms with van der Waals surface area (Å²) in [7, 11) is 0. The molecule has 1 aliphatic heterocycles. The molecular formula is C17H30N2O. The number of carbonyl (C=O) groups excluding carboxylic acids is 1. The first-order valence-corrected chi connectivity index (χ1v) is 8.11. The number of nitrogens with two attached hydrogens (primary N) is 1. The fourth-order valence-electron chi connectivity index (χ4n) is 3.99. The Morgan fingerprint density at radius 2 is 2.15 bits per heavy atom. The van der Waals surface area contributed by atoms with Gasteiger partial charge in [-0.05, 0) is 57.4 Å². The van der Waals surface area contributed by atoms with E-state index in [1.165, 1.54) is 19.3 Å².